The second-order valence-electron chi connectivity index (χ2n) is 2.59. The van der Waals surface area contributed by atoms with Gasteiger partial charge in [-0.15, -0.1) is 0 Å². The lowest BCUT2D eigenvalue weighted by Gasteiger charge is -2.21. The predicted octanol–water partition coefficient (Wildman–Crippen LogP) is -0.0611. The van der Waals surface area contributed by atoms with Crippen LogP contribution in [0.5, 0.6) is 0 Å². The van der Waals surface area contributed by atoms with Crippen LogP contribution in [0.25, 0.3) is 0 Å². The summed E-state index contributed by atoms with van der Waals surface area (Å²) in [6.07, 6.45) is -6.64. The van der Waals surface area contributed by atoms with Gasteiger partial charge in [0, 0.05) is 4.92 Å². The van der Waals surface area contributed by atoms with E-state index in [-0.39, 0.29) is 0 Å². The summed E-state index contributed by atoms with van der Waals surface area (Å²) < 4.78 is 35.3. The van der Waals surface area contributed by atoms with Crippen molar-refractivity contribution in [3.8, 4) is 0 Å². The fraction of sp³-hybridized carbons (Fsp3) is 1.00. The summed E-state index contributed by atoms with van der Waals surface area (Å²) in [7, 11) is 0. The number of rotatable bonds is 4. The Labute approximate surface area is 70.9 Å². The van der Waals surface area contributed by atoms with Crippen molar-refractivity contribution in [1.82, 2.24) is 0 Å². The molecule has 0 heterocycles. The number of hydrogen-bond acceptors (Lipinski definition) is 4. The summed E-state index contributed by atoms with van der Waals surface area (Å²) in [5, 5.41) is 27.0. The molecule has 5 nitrogen and oxygen atoms in total. The van der Waals surface area contributed by atoms with Crippen molar-refractivity contribution in [3.05, 3.63) is 10.1 Å². The minimum absolute atomic E-state index is 1.32. The zero-order valence-electron chi connectivity index (χ0n) is 6.41. The normalized spacial score (nSPS) is 13.0. The quantitative estimate of drug-likeness (QED) is 0.495. The maximum absolute atomic E-state index is 11.8. The molecule has 0 aliphatic carbocycles. The topological polar surface area (TPSA) is 83.6 Å². The van der Waals surface area contributed by atoms with Gasteiger partial charge >= 0.3 is 6.18 Å². The summed E-state index contributed by atoms with van der Waals surface area (Å²) >= 11 is 0. The van der Waals surface area contributed by atoms with E-state index in [0.29, 0.717) is 0 Å². The smallest absolute Gasteiger partial charge is 0.389 e. The third-order valence-electron chi connectivity index (χ3n) is 1.51. The van der Waals surface area contributed by atoms with Gasteiger partial charge in [0.2, 0.25) is 0 Å². The van der Waals surface area contributed by atoms with Crippen molar-refractivity contribution < 1.29 is 28.3 Å². The van der Waals surface area contributed by atoms with E-state index in [1.54, 1.807) is 0 Å². The molecule has 0 bridgehead atoms. The lowest BCUT2D eigenvalue weighted by Crippen LogP contribution is -2.49. The zero-order chi connectivity index (χ0) is 10.7. The highest BCUT2D eigenvalue weighted by atomic mass is 19.4. The highest BCUT2D eigenvalue weighted by Crippen LogP contribution is 2.29. The molecule has 0 fully saturated rings. The molecule has 0 atom stereocenters. The second-order valence-corrected chi connectivity index (χ2v) is 2.59. The molecule has 0 radical (unpaired) electrons. The molecule has 0 aromatic heterocycles. The Morgan fingerprint density at radius 2 is 1.62 bits per heavy atom. The molecular weight excluding hydrogens is 195 g/mol. The van der Waals surface area contributed by atoms with Crippen molar-refractivity contribution >= 4 is 0 Å². The Balaban J connectivity index is 4.69. The standard InChI is InChI=1S/C5H8F3NO4/c6-5(7,8)1-4(2-10,3-11)9(12)13/h10-11H,1-3H2. The Hall–Kier alpha value is -0.890. The summed E-state index contributed by atoms with van der Waals surface area (Å²) in [6, 6.07) is 0. The monoisotopic (exact) mass is 203 g/mol. The highest BCUT2D eigenvalue weighted by Gasteiger charge is 2.51. The van der Waals surface area contributed by atoms with Crippen LogP contribution in [0.3, 0.4) is 0 Å². The molecule has 0 aromatic carbocycles. The molecule has 0 aliphatic heterocycles. The van der Waals surface area contributed by atoms with Gasteiger partial charge in [-0.05, 0) is 0 Å². The van der Waals surface area contributed by atoms with Gasteiger partial charge in [0.05, 0.1) is 0 Å². The average Bonchev–Trinajstić information content (AvgIpc) is 1.98. The van der Waals surface area contributed by atoms with Gasteiger partial charge in [0.15, 0.2) is 0 Å². The van der Waals surface area contributed by atoms with Gasteiger partial charge in [0.1, 0.15) is 19.6 Å². The van der Waals surface area contributed by atoms with E-state index in [1.165, 1.54) is 0 Å². The van der Waals surface area contributed by atoms with E-state index in [0.717, 1.165) is 0 Å². The Bertz CT molecular complexity index is 189. The number of alkyl halides is 3. The molecule has 78 valence electrons. The van der Waals surface area contributed by atoms with Crippen LogP contribution in [0, 0.1) is 10.1 Å². The fourth-order valence-electron chi connectivity index (χ4n) is 0.715. The van der Waals surface area contributed by atoms with Crippen LogP contribution in [-0.2, 0) is 0 Å². The molecule has 0 unspecified atom stereocenters. The minimum atomic E-state index is -4.79. The highest BCUT2D eigenvalue weighted by molar-refractivity contribution is 4.80. The van der Waals surface area contributed by atoms with Gasteiger partial charge in [0.25, 0.3) is 5.54 Å². The molecule has 0 spiro atoms. The third kappa shape index (κ3) is 3.15. The SMILES string of the molecule is O=[N+]([O-])C(CO)(CO)CC(F)(F)F. The van der Waals surface area contributed by atoms with Crippen LogP contribution in [0.2, 0.25) is 0 Å². The summed E-state index contributed by atoms with van der Waals surface area (Å²) in [5.74, 6) is 0. The Morgan fingerprint density at radius 3 is 1.69 bits per heavy atom. The van der Waals surface area contributed by atoms with Gasteiger partial charge in [-0.25, -0.2) is 0 Å². The largest absolute Gasteiger partial charge is 0.396 e. The molecular formula is C5H8F3NO4. The number of nitrogens with zero attached hydrogens (tertiary/aromatic N) is 1. The summed E-state index contributed by atoms with van der Waals surface area (Å²) in [6.45, 7) is -2.70. The molecule has 13 heavy (non-hydrogen) atoms. The summed E-state index contributed by atoms with van der Waals surface area (Å²) in [5.41, 5.74) is -2.72. The number of aliphatic hydroxyl groups excluding tert-OH is 2. The van der Waals surface area contributed by atoms with E-state index >= 15 is 0 Å². The van der Waals surface area contributed by atoms with E-state index < -0.39 is 36.3 Å². The molecule has 0 amide bonds. The Morgan fingerprint density at radius 1 is 1.23 bits per heavy atom. The van der Waals surface area contributed by atoms with Gasteiger partial charge in [-0.1, -0.05) is 0 Å². The molecule has 0 saturated carbocycles. The van der Waals surface area contributed by atoms with Gasteiger partial charge in [-0.3, -0.25) is 10.1 Å². The number of aliphatic hydroxyl groups is 2. The fourth-order valence-corrected chi connectivity index (χ4v) is 0.715. The maximum atomic E-state index is 11.8. The molecule has 8 heteroatoms. The van der Waals surface area contributed by atoms with Crippen molar-refractivity contribution in [3.63, 3.8) is 0 Å². The van der Waals surface area contributed by atoms with Crippen LogP contribution < -0.4 is 0 Å². The van der Waals surface area contributed by atoms with Crippen molar-refractivity contribution in [2.75, 3.05) is 13.2 Å². The lowest BCUT2D eigenvalue weighted by atomic mass is 9.98. The average molecular weight is 203 g/mol. The number of nitro groups is 1. The van der Waals surface area contributed by atoms with Crippen LogP contribution in [0.4, 0.5) is 13.2 Å². The summed E-state index contributed by atoms with van der Waals surface area (Å²) in [4.78, 5) is 8.83. The molecule has 0 saturated heterocycles. The third-order valence-corrected chi connectivity index (χ3v) is 1.51. The van der Waals surface area contributed by atoms with Crippen molar-refractivity contribution in [1.29, 1.82) is 0 Å². The van der Waals surface area contributed by atoms with Crippen LogP contribution in [-0.4, -0.2) is 40.1 Å². The van der Waals surface area contributed by atoms with Crippen LogP contribution in [0.15, 0.2) is 0 Å². The molecule has 0 aromatic rings. The van der Waals surface area contributed by atoms with Crippen molar-refractivity contribution in [2.45, 2.75) is 18.1 Å². The van der Waals surface area contributed by atoms with E-state index in [1.807, 2.05) is 0 Å². The van der Waals surface area contributed by atoms with E-state index in [4.69, 9.17) is 10.2 Å². The van der Waals surface area contributed by atoms with Crippen molar-refractivity contribution in [2.24, 2.45) is 0 Å². The first-order chi connectivity index (χ1) is 5.77. The first kappa shape index (κ1) is 12.1. The van der Waals surface area contributed by atoms with Crippen LogP contribution in [0.1, 0.15) is 6.42 Å². The molecule has 0 aliphatic rings. The Kier molecular flexibility index (Phi) is 3.61. The van der Waals surface area contributed by atoms with E-state index in [9.17, 15) is 23.3 Å². The molecule has 2 N–H and O–H groups in total. The first-order valence-corrected chi connectivity index (χ1v) is 3.20. The number of halogens is 3. The predicted molar refractivity (Wildman–Crippen MR) is 34.6 cm³/mol. The van der Waals surface area contributed by atoms with Crippen LogP contribution >= 0.6 is 0 Å². The zero-order valence-corrected chi connectivity index (χ0v) is 6.41. The van der Waals surface area contributed by atoms with Gasteiger partial charge < -0.3 is 10.2 Å². The van der Waals surface area contributed by atoms with E-state index in [2.05, 4.69) is 0 Å². The first-order valence-electron chi connectivity index (χ1n) is 3.20. The lowest BCUT2D eigenvalue weighted by molar-refractivity contribution is -0.584. The van der Waals surface area contributed by atoms with Gasteiger partial charge in [-0.2, -0.15) is 13.2 Å². The maximum Gasteiger partial charge on any atom is 0.396 e. The number of hydrogen-bond donors (Lipinski definition) is 2. The second kappa shape index (κ2) is 3.88. The molecule has 0 rings (SSSR count). The minimum Gasteiger partial charge on any atom is -0.389 e.